The molecule has 6 nitrogen and oxygen atoms in total. The third-order valence-corrected chi connectivity index (χ3v) is 9.96. The zero-order valence-corrected chi connectivity index (χ0v) is 23.4. The number of nitrogens with zero attached hydrogens (tertiary/aromatic N) is 3. The zero-order valence-electron chi connectivity index (χ0n) is 21.7. The molecule has 0 saturated carbocycles. The van der Waals surface area contributed by atoms with Crippen LogP contribution < -0.4 is 4.74 Å². The second-order valence-corrected chi connectivity index (χ2v) is 12.8. The molecule has 0 N–H and O–H groups in total. The number of aryl methyl sites for hydroxylation is 1. The van der Waals surface area contributed by atoms with Gasteiger partial charge in [0.25, 0.3) is 10.0 Å². The van der Waals surface area contributed by atoms with E-state index in [1.807, 2.05) is 13.0 Å². The minimum absolute atomic E-state index is 0.0544. The number of ether oxygens (including phenoxy) is 1. The molecule has 1 aliphatic heterocycles. The van der Waals surface area contributed by atoms with Crippen LogP contribution in [0.2, 0.25) is 0 Å². The second-order valence-electron chi connectivity index (χ2n) is 9.82. The Labute approximate surface area is 231 Å². The minimum Gasteiger partial charge on any atom is -0.493 e. The number of pyridine rings is 1. The number of hydrogen-bond acceptors (Lipinski definition) is 6. The van der Waals surface area contributed by atoms with Gasteiger partial charge in [0.2, 0.25) is 0 Å². The molecule has 1 saturated heterocycles. The van der Waals surface area contributed by atoms with Gasteiger partial charge in [-0.15, -0.1) is 11.3 Å². The van der Waals surface area contributed by atoms with E-state index in [2.05, 4.69) is 22.0 Å². The van der Waals surface area contributed by atoms with Crippen molar-refractivity contribution < 1.29 is 17.5 Å². The lowest BCUT2D eigenvalue weighted by Crippen LogP contribution is -2.17. The van der Waals surface area contributed by atoms with Crippen LogP contribution in [0.5, 0.6) is 5.75 Å². The van der Waals surface area contributed by atoms with Crippen LogP contribution in [0, 0.1) is 12.7 Å². The number of likely N-dealkylation sites (tertiary alicyclic amines) is 1. The fourth-order valence-electron chi connectivity index (χ4n) is 5.14. The van der Waals surface area contributed by atoms with Gasteiger partial charge in [-0.3, -0.25) is 4.90 Å². The van der Waals surface area contributed by atoms with Crippen molar-refractivity contribution in [1.82, 2.24) is 13.9 Å². The van der Waals surface area contributed by atoms with Crippen molar-refractivity contribution in [3.63, 3.8) is 0 Å². The van der Waals surface area contributed by atoms with Gasteiger partial charge < -0.3 is 4.74 Å². The van der Waals surface area contributed by atoms with Crippen molar-refractivity contribution in [2.24, 2.45) is 0 Å². The SMILES string of the molecule is COc1c(F)cccc1-c1cn(S(=O)(=O)c2ccc(C)cc2)c2ncc(-c3ccc(CN4CCCC4)s3)cc12. The van der Waals surface area contributed by atoms with E-state index in [0.29, 0.717) is 16.5 Å². The highest BCUT2D eigenvalue weighted by Gasteiger charge is 2.25. The van der Waals surface area contributed by atoms with Crippen LogP contribution in [-0.4, -0.2) is 42.5 Å². The summed E-state index contributed by atoms with van der Waals surface area (Å²) in [5.74, 6) is -0.468. The van der Waals surface area contributed by atoms with Gasteiger partial charge in [-0.2, -0.15) is 0 Å². The van der Waals surface area contributed by atoms with Crippen molar-refractivity contribution in [3.05, 3.63) is 89.3 Å². The summed E-state index contributed by atoms with van der Waals surface area (Å²) in [7, 11) is -2.57. The smallest absolute Gasteiger partial charge is 0.269 e. The second kappa shape index (κ2) is 10.2. The highest BCUT2D eigenvalue weighted by atomic mass is 32.2. The Bertz CT molecular complexity index is 1770. The molecule has 5 aromatic rings. The molecule has 9 heteroatoms. The van der Waals surface area contributed by atoms with Gasteiger partial charge in [0.1, 0.15) is 0 Å². The Morgan fingerprint density at radius 3 is 2.54 bits per heavy atom. The predicted molar refractivity (Wildman–Crippen MR) is 153 cm³/mol. The monoisotopic (exact) mass is 561 g/mol. The van der Waals surface area contributed by atoms with E-state index >= 15 is 0 Å². The third-order valence-electron chi connectivity index (χ3n) is 7.18. The van der Waals surface area contributed by atoms with E-state index in [1.165, 1.54) is 41.1 Å². The van der Waals surface area contributed by atoms with Crippen LogP contribution in [0.1, 0.15) is 23.3 Å². The maximum absolute atomic E-state index is 14.7. The summed E-state index contributed by atoms with van der Waals surface area (Å²) in [6.45, 7) is 5.09. The molecule has 39 heavy (non-hydrogen) atoms. The quantitative estimate of drug-likeness (QED) is 0.221. The molecule has 200 valence electrons. The Hall–Kier alpha value is -3.53. The van der Waals surface area contributed by atoms with Crippen LogP contribution in [-0.2, 0) is 16.6 Å². The maximum Gasteiger partial charge on any atom is 0.269 e. The van der Waals surface area contributed by atoms with Crippen LogP contribution >= 0.6 is 11.3 Å². The van der Waals surface area contributed by atoms with Crippen molar-refractivity contribution >= 4 is 32.4 Å². The van der Waals surface area contributed by atoms with Crippen molar-refractivity contribution in [2.45, 2.75) is 31.2 Å². The summed E-state index contributed by atoms with van der Waals surface area (Å²) in [6, 6.07) is 17.5. The van der Waals surface area contributed by atoms with Gasteiger partial charge >= 0.3 is 0 Å². The highest BCUT2D eigenvalue weighted by molar-refractivity contribution is 7.90. The average Bonchev–Trinajstić information content (AvgIpc) is 3.69. The molecule has 6 rings (SSSR count). The van der Waals surface area contributed by atoms with Gasteiger partial charge in [0, 0.05) is 50.8 Å². The molecule has 0 atom stereocenters. The molecule has 0 aliphatic carbocycles. The van der Waals surface area contributed by atoms with Gasteiger partial charge in [0.05, 0.1) is 12.0 Å². The average molecular weight is 562 g/mol. The zero-order chi connectivity index (χ0) is 27.1. The van der Waals surface area contributed by atoms with Crippen LogP contribution in [0.15, 0.2) is 78.0 Å². The van der Waals surface area contributed by atoms with E-state index < -0.39 is 15.8 Å². The minimum atomic E-state index is -3.97. The van der Waals surface area contributed by atoms with Crippen molar-refractivity contribution in [1.29, 1.82) is 0 Å². The molecule has 1 fully saturated rings. The van der Waals surface area contributed by atoms with Crippen molar-refractivity contribution in [2.75, 3.05) is 20.2 Å². The normalized spacial score (nSPS) is 14.3. The van der Waals surface area contributed by atoms with Crippen LogP contribution in [0.4, 0.5) is 4.39 Å². The van der Waals surface area contributed by atoms with Gasteiger partial charge in [-0.1, -0.05) is 29.8 Å². The lowest BCUT2D eigenvalue weighted by molar-refractivity contribution is 0.334. The molecule has 1 aliphatic rings. The number of halogens is 1. The summed E-state index contributed by atoms with van der Waals surface area (Å²) < 4.78 is 48.8. The van der Waals surface area contributed by atoms with E-state index in [1.54, 1.807) is 53.9 Å². The molecule has 0 unspecified atom stereocenters. The summed E-state index contributed by atoms with van der Waals surface area (Å²) in [6.07, 6.45) is 5.71. The number of para-hydroxylation sites is 1. The number of methoxy groups -OCH3 is 1. The first-order valence-corrected chi connectivity index (χ1v) is 15.1. The maximum atomic E-state index is 14.7. The van der Waals surface area contributed by atoms with Crippen molar-refractivity contribution in [3.8, 4) is 27.3 Å². The summed E-state index contributed by atoms with van der Waals surface area (Å²) in [5, 5.41) is 0.599. The largest absolute Gasteiger partial charge is 0.493 e. The Morgan fingerprint density at radius 2 is 1.79 bits per heavy atom. The Kier molecular flexibility index (Phi) is 6.74. The molecular weight excluding hydrogens is 533 g/mol. The number of rotatable bonds is 7. The Morgan fingerprint density at radius 1 is 1.03 bits per heavy atom. The van der Waals surface area contributed by atoms with E-state index in [9.17, 15) is 12.8 Å². The standard InChI is InChI=1S/C30H28FN3O3S2/c1-20-8-11-23(12-9-20)39(35,36)34-19-26(24-6-5-7-27(31)29(24)37-2)25-16-21(17-32-30(25)34)28-13-10-22(38-28)18-33-14-3-4-15-33/h5-13,16-17,19H,3-4,14-15,18H2,1-2H3. The topological polar surface area (TPSA) is 64.4 Å². The summed E-state index contributed by atoms with van der Waals surface area (Å²) >= 11 is 1.71. The first-order valence-electron chi connectivity index (χ1n) is 12.8. The molecule has 4 heterocycles. The molecular formula is C30H28FN3O3S2. The van der Waals surface area contributed by atoms with Crippen LogP contribution in [0.3, 0.4) is 0 Å². The van der Waals surface area contributed by atoms with E-state index in [4.69, 9.17) is 4.74 Å². The van der Waals surface area contributed by atoms with Gasteiger partial charge in [-0.05, 0) is 69.3 Å². The number of fused-ring (bicyclic) bond motifs is 1. The summed E-state index contributed by atoms with van der Waals surface area (Å²) in [5.41, 5.74) is 3.09. The first-order chi connectivity index (χ1) is 18.8. The molecule has 0 spiro atoms. The fraction of sp³-hybridized carbons (Fsp3) is 0.233. The number of benzene rings is 2. The molecule has 2 aromatic carbocycles. The molecule has 3 aromatic heterocycles. The van der Waals surface area contributed by atoms with E-state index in [-0.39, 0.29) is 16.3 Å². The van der Waals surface area contributed by atoms with E-state index in [0.717, 1.165) is 35.6 Å². The predicted octanol–water partition coefficient (Wildman–Crippen LogP) is 6.72. The number of hydrogen-bond donors (Lipinski definition) is 0. The van der Waals surface area contributed by atoms with Gasteiger partial charge in [-0.25, -0.2) is 21.8 Å². The number of thiophene rings is 1. The highest BCUT2D eigenvalue weighted by Crippen LogP contribution is 2.40. The molecule has 0 bridgehead atoms. The van der Waals surface area contributed by atoms with Gasteiger partial charge in [0.15, 0.2) is 17.2 Å². The lowest BCUT2D eigenvalue weighted by atomic mass is 10.0. The lowest BCUT2D eigenvalue weighted by Gasteiger charge is -2.12. The number of aromatic nitrogens is 2. The fourth-order valence-corrected chi connectivity index (χ4v) is 7.50. The van der Waals surface area contributed by atoms with Crippen LogP contribution in [0.25, 0.3) is 32.6 Å². The molecule has 0 radical (unpaired) electrons. The first kappa shape index (κ1) is 25.7. The summed E-state index contributed by atoms with van der Waals surface area (Å²) in [4.78, 5) is 9.58. The molecule has 0 amide bonds. The third kappa shape index (κ3) is 4.75. The Balaban J connectivity index is 1.51.